The van der Waals surface area contributed by atoms with Gasteiger partial charge in [0.15, 0.2) is 0 Å². The molecular weight excluding hydrogens is 459 g/mol. The topological polar surface area (TPSA) is 105 Å². The maximum atomic E-state index is 13.3. The lowest BCUT2D eigenvalue weighted by atomic mass is 10.0. The van der Waals surface area contributed by atoms with Crippen molar-refractivity contribution >= 4 is 23.4 Å². The molecule has 7 nitrogen and oxygen atoms in total. The summed E-state index contributed by atoms with van der Waals surface area (Å²) >= 11 is 0. The maximum absolute atomic E-state index is 13.3. The Morgan fingerprint density at radius 3 is 2.53 bits per heavy atom. The Labute approximate surface area is 209 Å². The van der Waals surface area contributed by atoms with Crippen molar-refractivity contribution in [3.63, 3.8) is 0 Å². The van der Waals surface area contributed by atoms with Crippen LogP contribution < -0.4 is 16.4 Å². The van der Waals surface area contributed by atoms with Gasteiger partial charge in [-0.15, -0.1) is 0 Å². The molecule has 0 saturated carbocycles. The molecule has 3 aromatic carbocycles. The third-order valence-corrected chi connectivity index (χ3v) is 6.17. The highest BCUT2D eigenvalue weighted by atomic mass is 19.1. The highest BCUT2D eigenvalue weighted by Gasteiger charge is 2.29. The molecule has 0 bridgehead atoms. The first-order valence-electron chi connectivity index (χ1n) is 12.0. The minimum atomic E-state index is -0.720. The lowest BCUT2D eigenvalue weighted by Crippen LogP contribution is -2.49. The molecule has 4 N–H and O–H groups in total. The quantitative estimate of drug-likeness (QED) is 0.472. The Bertz CT molecular complexity index is 1250. The Morgan fingerprint density at radius 2 is 1.75 bits per heavy atom. The number of hydrogen-bond acceptors (Lipinski definition) is 4. The van der Waals surface area contributed by atoms with Gasteiger partial charge in [-0.2, -0.15) is 0 Å². The molecule has 186 valence electrons. The lowest BCUT2D eigenvalue weighted by molar-refractivity contribution is -0.135. The van der Waals surface area contributed by atoms with E-state index in [1.807, 2.05) is 18.2 Å². The van der Waals surface area contributed by atoms with E-state index < -0.39 is 6.04 Å². The van der Waals surface area contributed by atoms with Crippen LogP contribution in [-0.2, 0) is 16.1 Å². The summed E-state index contributed by atoms with van der Waals surface area (Å²) < 4.78 is 13.3. The van der Waals surface area contributed by atoms with Crippen molar-refractivity contribution in [2.24, 2.45) is 5.73 Å². The summed E-state index contributed by atoms with van der Waals surface area (Å²) in [5.41, 5.74) is 9.13. The van der Waals surface area contributed by atoms with Crippen molar-refractivity contribution in [2.75, 3.05) is 18.4 Å². The van der Waals surface area contributed by atoms with Crippen molar-refractivity contribution in [3.8, 4) is 11.1 Å². The number of nitrogens with one attached hydrogen (secondary N) is 2. The average molecular weight is 489 g/mol. The van der Waals surface area contributed by atoms with E-state index in [0.717, 1.165) is 29.5 Å². The van der Waals surface area contributed by atoms with E-state index >= 15 is 0 Å². The number of halogens is 1. The van der Waals surface area contributed by atoms with Gasteiger partial charge in [0.2, 0.25) is 11.8 Å². The Morgan fingerprint density at radius 1 is 0.972 bits per heavy atom. The summed E-state index contributed by atoms with van der Waals surface area (Å²) in [6.45, 7) is 0.710. The van der Waals surface area contributed by atoms with Crippen LogP contribution in [0.15, 0.2) is 72.8 Å². The zero-order valence-electron chi connectivity index (χ0n) is 19.9. The predicted molar refractivity (Wildman–Crippen MR) is 136 cm³/mol. The molecule has 3 amide bonds. The zero-order chi connectivity index (χ0) is 25.5. The van der Waals surface area contributed by atoms with E-state index in [9.17, 15) is 18.8 Å². The van der Waals surface area contributed by atoms with E-state index in [1.54, 1.807) is 42.5 Å². The smallest absolute Gasteiger partial charge is 0.251 e. The second-order valence-electron chi connectivity index (χ2n) is 8.82. The van der Waals surface area contributed by atoms with Crippen LogP contribution in [0.4, 0.5) is 10.1 Å². The Kier molecular flexibility index (Phi) is 8.07. The van der Waals surface area contributed by atoms with Crippen LogP contribution in [-0.4, -0.2) is 41.8 Å². The lowest BCUT2D eigenvalue weighted by Gasteiger charge is -2.24. The fourth-order valence-electron chi connectivity index (χ4n) is 4.27. The normalized spacial score (nSPS) is 15.8. The molecule has 36 heavy (non-hydrogen) atoms. The minimum absolute atomic E-state index is 0.0991. The van der Waals surface area contributed by atoms with Crippen LogP contribution in [0.5, 0.6) is 0 Å². The fourth-order valence-corrected chi connectivity index (χ4v) is 4.27. The van der Waals surface area contributed by atoms with Gasteiger partial charge in [-0.25, -0.2) is 4.39 Å². The zero-order valence-corrected chi connectivity index (χ0v) is 19.9. The number of benzene rings is 3. The van der Waals surface area contributed by atoms with Crippen molar-refractivity contribution < 1.29 is 18.8 Å². The molecule has 0 spiro atoms. The molecule has 8 heteroatoms. The van der Waals surface area contributed by atoms with E-state index in [2.05, 4.69) is 10.6 Å². The summed E-state index contributed by atoms with van der Waals surface area (Å²) in [5, 5.41) is 5.66. The highest BCUT2D eigenvalue weighted by Crippen LogP contribution is 2.21. The highest BCUT2D eigenvalue weighted by molar-refractivity contribution is 6.00. The number of nitrogens with two attached hydrogens (primary N) is 1. The number of amides is 3. The number of rotatable bonds is 7. The number of likely N-dealkylation sites (tertiary alicyclic amines) is 1. The van der Waals surface area contributed by atoms with E-state index in [-0.39, 0.29) is 30.1 Å². The van der Waals surface area contributed by atoms with Gasteiger partial charge in [-0.3, -0.25) is 14.4 Å². The van der Waals surface area contributed by atoms with Crippen LogP contribution in [0.2, 0.25) is 0 Å². The van der Waals surface area contributed by atoms with Gasteiger partial charge in [-0.05, 0) is 72.4 Å². The van der Waals surface area contributed by atoms with Crippen molar-refractivity contribution in [1.29, 1.82) is 0 Å². The fraction of sp³-hybridized carbons (Fsp3) is 0.250. The molecule has 1 saturated heterocycles. The molecule has 1 atom stereocenters. The van der Waals surface area contributed by atoms with E-state index in [0.29, 0.717) is 30.8 Å². The van der Waals surface area contributed by atoms with Gasteiger partial charge in [-0.1, -0.05) is 36.4 Å². The van der Waals surface area contributed by atoms with Gasteiger partial charge in [0.05, 0.1) is 6.54 Å². The molecular formula is C28H29FN4O3. The number of carbonyl (C=O) groups excluding carboxylic acids is 3. The number of carbonyl (C=O) groups is 3. The van der Waals surface area contributed by atoms with E-state index in [4.69, 9.17) is 5.73 Å². The largest absolute Gasteiger partial charge is 0.340 e. The summed E-state index contributed by atoms with van der Waals surface area (Å²) in [6.07, 6.45) is 2.00. The summed E-state index contributed by atoms with van der Waals surface area (Å²) in [5.74, 6) is -1.29. The number of hydrogen-bond donors (Lipinski definition) is 3. The molecule has 1 unspecified atom stereocenters. The molecule has 3 aromatic rings. The second-order valence-corrected chi connectivity index (χ2v) is 8.82. The molecule has 1 heterocycles. The molecule has 1 fully saturated rings. The third-order valence-electron chi connectivity index (χ3n) is 6.17. The van der Waals surface area contributed by atoms with Crippen LogP contribution in [0.3, 0.4) is 0 Å². The van der Waals surface area contributed by atoms with Gasteiger partial charge in [0.1, 0.15) is 11.9 Å². The number of anilines is 1. The molecule has 0 aromatic heterocycles. The van der Waals surface area contributed by atoms with Crippen molar-refractivity contribution in [1.82, 2.24) is 10.2 Å². The van der Waals surface area contributed by atoms with E-state index in [1.165, 1.54) is 17.0 Å². The van der Waals surface area contributed by atoms with Crippen LogP contribution in [0.1, 0.15) is 35.2 Å². The van der Waals surface area contributed by atoms with Gasteiger partial charge >= 0.3 is 0 Å². The van der Waals surface area contributed by atoms with Crippen LogP contribution in [0, 0.1) is 5.82 Å². The molecule has 0 aliphatic carbocycles. The van der Waals surface area contributed by atoms with Gasteiger partial charge in [0, 0.05) is 24.3 Å². The number of nitrogens with zero attached hydrogens (tertiary/aromatic N) is 1. The SMILES string of the molecule is NCc1cccc(NC(=O)CN2CCCCC(NC(=O)c3cccc(-c4ccc(F)cc4)c3)C2=O)c1. The first kappa shape index (κ1) is 25.1. The first-order valence-corrected chi connectivity index (χ1v) is 12.0. The van der Waals surface area contributed by atoms with Crippen LogP contribution in [0.25, 0.3) is 11.1 Å². The maximum Gasteiger partial charge on any atom is 0.251 e. The summed E-state index contributed by atoms with van der Waals surface area (Å²) in [7, 11) is 0. The third kappa shape index (κ3) is 6.34. The Balaban J connectivity index is 1.41. The Hall–Kier alpha value is -4.04. The molecule has 0 radical (unpaired) electrons. The summed E-state index contributed by atoms with van der Waals surface area (Å²) in [4.78, 5) is 40.3. The molecule has 1 aliphatic rings. The standard InChI is InChI=1S/C28H29FN4O3/c29-23-12-10-20(11-13-23)21-6-4-7-22(16-21)27(35)32-25-9-1-2-14-33(28(25)36)18-26(34)31-24-8-3-5-19(15-24)17-30/h3-8,10-13,15-16,25H,1-2,9,14,17-18,30H2,(H,31,34)(H,32,35). The summed E-state index contributed by atoms with van der Waals surface area (Å²) in [6, 6.07) is 19.5. The molecule has 1 aliphatic heterocycles. The van der Waals surface area contributed by atoms with Crippen molar-refractivity contribution in [3.05, 3.63) is 89.7 Å². The van der Waals surface area contributed by atoms with Crippen molar-refractivity contribution in [2.45, 2.75) is 31.8 Å². The predicted octanol–water partition coefficient (Wildman–Crippen LogP) is 3.70. The van der Waals surface area contributed by atoms with Gasteiger partial charge < -0.3 is 21.3 Å². The molecule has 4 rings (SSSR count). The average Bonchev–Trinajstić information content (AvgIpc) is 3.05. The van der Waals surface area contributed by atoms with Crippen LogP contribution >= 0.6 is 0 Å². The second kappa shape index (κ2) is 11.6. The van der Waals surface area contributed by atoms with Gasteiger partial charge in [0.25, 0.3) is 5.91 Å². The first-order chi connectivity index (χ1) is 17.4. The minimum Gasteiger partial charge on any atom is -0.340 e. The monoisotopic (exact) mass is 488 g/mol.